The molecule has 0 saturated carbocycles. The summed E-state index contributed by atoms with van der Waals surface area (Å²) in [5.41, 5.74) is 0. The molecule has 0 bridgehead atoms. The number of rotatable bonds is 12. The van der Waals surface area contributed by atoms with Crippen LogP contribution in [0.15, 0.2) is 4.99 Å². The van der Waals surface area contributed by atoms with E-state index in [2.05, 4.69) is 10.3 Å². The lowest BCUT2D eigenvalue weighted by molar-refractivity contribution is 0.0731. The fraction of sp³-hybridized carbons (Fsp3) is 0.846. The van der Waals surface area contributed by atoms with Crippen LogP contribution >= 0.6 is 0 Å². The third kappa shape index (κ3) is 14.6. The fourth-order valence-electron chi connectivity index (χ4n) is 1.40. The van der Waals surface area contributed by atoms with Gasteiger partial charge in [0.15, 0.2) is 0 Å². The van der Waals surface area contributed by atoms with Crippen molar-refractivity contribution in [3.05, 3.63) is 0 Å². The predicted octanol–water partition coefficient (Wildman–Crippen LogP) is 2.04. The van der Waals surface area contributed by atoms with Crippen molar-refractivity contribution in [1.29, 1.82) is 0 Å². The first-order chi connectivity index (χ1) is 9.31. The Morgan fingerprint density at radius 3 is 2.68 bits per heavy atom. The summed E-state index contributed by atoms with van der Waals surface area (Å²) < 4.78 is 10.1. The first-order valence-corrected chi connectivity index (χ1v) is 6.83. The molecule has 0 unspecified atom stereocenters. The average molecular weight is 272 g/mol. The van der Waals surface area contributed by atoms with Crippen LogP contribution in [-0.2, 0) is 14.3 Å². The number of isocyanates is 1. The highest BCUT2D eigenvalue weighted by atomic mass is 16.6. The molecule has 1 amide bonds. The van der Waals surface area contributed by atoms with E-state index in [4.69, 9.17) is 9.47 Å². The second-order valence-corrected chi connectivity index (χ2v) is 4.06. The molecule has 0 spiro atoms. The van der Waals surface area contributed by atoms with E-state index in [9.17, 15) is 9.59 Å². The van der Waals surface area contributed by atoms with Crippen molar-refractivity contribution in [2.24, 2.45) is 4.99 Å². The number of hydrogen-bond donors (Lipinski definition) is 1. The molecule has 19 heavy (non-hydrogen) atoms. The largest absolute Gasteiger partial charge is 0.447 e. The highest BCUT2D eigenvalue weighted by Gasteiger charge is 2.00. The minimum absolute atomic E-state index is 0.287. The van der Waals surface area contributed by atoms with Crippen LogP contribution < -0.4 is 5.32 Å². The summed E-state index contributed by atoms with van der Waals surface area (Å²) in [6, 6.07) is 0. The molecule has 0 atom stereocenters. The first-order valence-electron chi connectivity index (χ1n) is 6.83. The van der Waals surface area contributed by atoms with Gasteiger partial charge >= 0.3 is 6.09 Å². The van der Waals surface area contributed by atoms with E-state index in [1.807, 2.05) is 6.92 Å². The molecule has 6 heteroatoms. The van der Waals surface area contributed by atoms with Gasteiger partial charge in [0.25, 0.3) is 0 Å². The monoisotopic (exact) mass is 272 g/mol. The normalized spacial score (nSPS) is 9.74. The molecule has 0 aliphatic carbocycles. The average Bonchev–Trinajstić information content (AvgIpc) is 2.41. The van der Waals surface area contributed by atoms with E-state index in [1.165, 1.54) is 6.08 Å². The number of alkyl carbamates (subject to hydrolysis) is 1. The molecule has 0 rings (SSSR count). The number of carbonyl (C=O) groups excluding carboxylic acids is 2. The van der Waals surface area contributed by atoms with Gasteiger partial charge in [0.05, 0.1) is 13.2 Å². The van der Waals surface area contributed by atoms with Gasteiger partial charge in [-0.25, -0.2) is 14.6 Å². The van der Waals surface area contributed by atoms with Crippen molar-refractivity contribution >= 4 is 12.2 Å². The summed E-state index contributed by atoms with van der Waals surface area (Å²) in [6.45, 7) is 4.59. The highest BCUT2D eigenvalue weighted by molar-refractivity contribution is 5.66. The molecule has 0 saturated heterocycles. The maximum Gasteiger partial charge on any atom is 0.407 e. The first kappa shape index (κ1) is 17.6. The minimum Gasteiger partial charge on any atom is -0.447 e. The Balaban J connectivity index is 3.18. The van der Waals surface area contributed by atoms with E-state index >= 15 is 0 Å². The third-order valence-corrected chi connectivity index (χ3v) is 2.34. The minimum atomic E-state index is -0.398. The van der Waals surface area contributed by atoms with E-state index in [0.29, 0.717) is 26.3 Å². The molecule has 0 fully saturated rings. The lowest BCUT2D eigenvalue weighted by Crippen LogP contribution is -2.26. The number of aliphatic imine (C=N–C) groups is 1. The Bertz CT molecular complexity index is 265. The van der Waals surface area contributed by atoms with Crippen LogP contribution in [0, 0.1) is 0 Å². The van der Waals surface area contributed by atoms with Gasteiger partial charge in [0.1, 0.15) is 6.61 Å². The summed E-state index contributed by atoms with van der Waals surface area (Å²) in [6.07, 6.45) is 5.84. The summed E-state index contributed by atoms with van der Waals surface area (Å²) in [5, 5.41) is 2.67. The van der Waals surface area contributed by atoms with Crippen LogP contribution in [-0.4, -0.2) is 45.1 Å². The quantitative estimate of drug-likeness (QED) is 0.335. The Labute approximate surface area is 114 Å². The number of unbranched alkanes of at least 4 members (excludes halogenated alkanes) is 3. The van der Waals surface area contributed by atoms with Gasteiger partial charge in [-0.3, -0.25) is 0 Å². The second kappa shape index (κ2) is 14.7. The molecule has 0 heterocycles. The van der Waals surface area contributed by atoms with Gasteiger partial charge in [0.2, 0.25) is 6.08 Å². The molecule has 0 aromatic carbocycles. The van der Waals surface area contributed by atoms with E-state index in [-0.39, 0.29) is 6.61 Å². The van der Waals surface area contributed by atoms with Crippen molar-refractivity contribution in [3.63, 3.8) is 0 Å². The second-order valence-electron chi connectivity index (χ2n) is 4.06. The van der Waals surface area contributed by atoms with Crippen LogP contribution in [0.1, 0.15) is 39.0 Å². The summed E-state index contributed by atoms with van der Waals surface area (Å²) in [4.78, 5) is 24.5. The number of carbonyl (C=O) groups is 1. The van der Waals surface area contributed by atoms with Crippen molar-refractivity contribution in [1.82, 2.24) is 5.32 Å². The van der Waals surface area contributed by atoms with Gasteiger partial charge in [-0.15, -0.1) is 0 Å². The molecular weight excluding hydrogens is 248 g/mol. The Hall–Kier alpha value is -1.39. The molecule has 0 aromatic rings. The third-order valence-electron chi connectivity index (χ3n) is 2.34. The summed E-state index contributed by atoms with van der Waals surface area (Å²) in [7, 11) is 0. The van der Waals surface area contributed by atoms with Crippen molar-refractivity contribution in [3.8, 4) is 0 Å². The fourth-order valence-corrected chi connectivity index (χ4v) is 1.40. The molecule has 0 aromatic heterocycles. The van der Waals surface area contributed by atoms with Crippen molar-refractivity contribution < 1.29 is 19.1 Å². The molecule has 0 radical (unpaired) electrons. The zero-order valence-corrected chi connectivity index (χ0v) is 11.7. The van der Waals surface area contributed by atoms with Gasteiger partial charge in [0, 0.05) is 13.2 Å². The highest BCUT2D eigenvalue weighted by Crippen LogP contribution is 1.98. The Morgan fingerprint density at radius 1 is 1.16 bits per heavy atom. The zero-order chi connectivity index (χ0) is 14.2. The van der Waals surface area contributed by atoms with Crippen LogP contribution in [0.3, 0.4) is 0 Å². The van der Waals surface area contributed by atoms with Gasteiger partial charge in [-0.2, -0.15) is 0 Å². The van der Waals surface area contributed by atoms with E-state index < -0.39 is 6.09 Å². The lowest BCUT2D eigenvalue weighted by atomic mass is 10.2. The van der Waals surface area contributed by atoms with Crippen LogP contribution in [0.25, 0.3) is 0 Å². The van der Waals surface area contributed by atoms with E-state index in [1.54, 1.807) is 0 Å². The number of amides is 1. The van der Waals surface area contributed by atoms with Crippen LogP contribution in [0.4, 0.5) is 4.79 Å². The van der Waals surface area contributed by atoms with Crippen LogP contribution in [0.5, 0.6) is 0 Å². The molecule has 0 aliphatic heterocycles. The smallest absolute Gasteiger partial charge is 0.407 e. The summed E-state index contributed by atoms with van der Waals surface area (Å²) in [5.74, 6) is 0. The van der Waals surface area contributed by atoms with Crippen molar-refractivity contribution in [2.75, 3.05) is 32.9 Å². The molecular formula is C13H24N2O4. The molecule has 110 valence electrons. The topological polar surface area (TPSA) is 77.0 Å². The molecule has 0 aliphatic rings. The number of nitrogens with one attached hydrogen (secondary N) is 1. The van der Waals surface area contributed by atoms with Crippen LogP contribution in [0.2, 0.25) is 0 Å². The van der Waals surface area contributed by atoms with Gasteiger partial charge < -0.3 is 14.8 Å². The van der Waals surface area contributed by atoms with Crippen molar-refractivity contribution in [2.45, 2.75) is 39.0 Å². The maximum atomic E-state index is 11.2. The SMILES string of the molecule is CCCOCCOC(=O)NCCCCCCN=C=O. The Kier molecular flexibility index (Phi) is 13.6. The number of hydrogen-bond acceptors (Lipinski definition) is 5. The number of ether oxygens (including phenoxy) is 2. The molecule has 6 nitrogen and oxygen atoms in total. The Morgan fingerprint density at radius 2 is 1.95 bits per heavy atom. The van der Waals surface area contributed by atoms with Gasteiger partial charge in [-0.05, 0) is 19.3 Å². The maximum absolute atomic E-state index is 11.2. The van der Waals surface area contributed by atoms with E-state index in [0.717, 1.165) is 32.1 Å². The lowest BCUT2D eigenvalue weighted by Gasteiger charge is -2.07. The predicted molar refractivity (Wildman–Crippen MR) is 71.9 cm³/mol. The standard InChI is InChI=1S/C13H24N2O4/c1-2-9-18-10-11-19-13(17)15-8-6-4-3-5-7-14-12-16/h2-11H2,1H3,(H,15,17). The number of nitrogens with zero attached hydrogens (tertiary/aromatic N) is 1. The summed E-state index contributed by atoms with van der Waals surface area (Å²) >= 11 is 0. The van der Waals surface area contributed by atoms with Gasteiger partial charge in [-0.1, -0.05) is 19.8 Å². The molecule has 1 N–H and O–H groups in total. The zero-order valence-electron chi connectivity index (χ0n) is 11.7.